The van der Waals surface area contributed by atoms with E-state index in [1.807, 2.05) is 13.8 Å². The van der Waals surface area contributed by atoms with Gasteiger partial charge in [-0.05, 0) is 13.8 Å². The molecule has 0 aromatic carbocycles. The van der Waals surface area contributed by atoms with Crippen LogP contribution in [0.4, 0.5) is 0 Å². The number of hydrogen-bond donors (Lipinski definition) is 1. The molecule has 0 bridgehead atoms. The average Bonchev–Trinajstić information content (AvgIpc) is 2.00. The summed E-state index contributed by atoms with van der Waals surface area (Å²) in [5.41, 5.74) is 1.28. The molecular weight excluding hydrogens is 197 g/mol. The van der Waals surface area contributed by atoms with Crippen LogP contribution in [0.1, 0.15) is 13.8 Å². The molecule has 0 radical (unpaired) electrons. The molecule has 0 amide bonds. The SMILES string of the molecule is COCC(C)(C)NCC(Cl)=CCl. The van der Waals surface area contributed by atoms with Gasteiger partial charge in [0.15, 0.2) is 0 Å². The Morgan fingerprint density at radius 2 is 2.17 bits per heavy atom. The van der Waals surface area contributed by atoms with Gasteiger partial charge < -0.3 is 10.1 Å². The van der Waals surface area contributed by atoms with Crippen LogP contribution in [0.2, 0.25) is 0 Å². The van der Waals surface area contributed by atoms with E-state index in [2.05, 4.69) is 5.32 Å². The molecule has 0 aliphatic heterocycles. The van der Waals surface area contributed by atoms with Crippen LogP contribution in [0.15, 0.2) is 10.6 Å². The molecule has 0 aliphatic rings. The molecule has 4 heteroatoms. The molecule has 0 aromatic rings. The quantitative estimate of drug-likeness (QED) is 0.755. The maximum Gasteiger partial charge on any atom is 0.0639 e. The minimum absolute atomic E-state index is 0.0746. The fourth-order valence-electron chi connectivity index (χ4n) is 0.774. The van der Waals surface area contributed by atoms with E-state index in [1.165, 1.54) is 5.54 Å². The van der Waals surface area contributed by atoms with Gasteiger partial charge >= 0.3 is 0 Å². The Morgan fingerprint density at radius 3 is 2.58 bits per heavy atom. The van der Waals surface area contributed by atoms with E-state index < -0.39 is 0 Å². The zero-order valence-corrected chi connectivity index (χ0v) is 9.17. The molecule has 0 aromatic heterocycles. The minimum Gasteiger partial charge on any atom is -0.383 e. The molecule has 12 heavy (non-hydrogen) atoms. The van der Waals surface area contributed by atoms with Gasteiger partial charge in [0.1, 0.15) is 0 Å². The van der Waals surface area contributed by atoms with Crippen LogP contribution >= 0.6 is 23.2 Å². The van der Waals surface area contributed by atoms with E-state index in [-0.39, 0.29) is 5.54 Å². The molecule has 0 atom stereocenters. The normalized spacial score (nSPS) is 13.6. The molecule has 72 valence electrons. The van der Waals surface area contributed by atoms with Crippen molar-refractivity contribution in [2.45, 2.75) is 19.4 Å². The highest BCUT2D eigenvalue weighted by Gasteiger charge is 2.15. The first-order chi connectivity index (χ1) is 5.52. The summed E-state index contributed by atoms with van der Waals surface area (Å²) in [5, 5.41) is 3.80. The lowest BCUT2D eigenvalue weighted by Crippen LogP contribution is -2.43. The summed E-state index contributed by atoms with van der Waals surface area (Å²) in [4.78, 5) is 0. The van der Waals surface area contributed by atoms with Gasteiger partial charge in [0.2, 0.25) is 0 Å². The smallest absolute Gasteiger partial charge is 0.0639 e. The Labute approximate surface area is 83.9 Å². The second kappa shape index (κ2) is 5.81. The molecule has 0 fully saturated rings. The van der Waals surface area contributed by atoms with Crippen LogP contribution in [0.3, 0.4) is 0 Å². The molecule has 0 rings (SSSR count). The third kappa shape index (κ3) is 5.84. The predicted octanol–water partition coefficient (Wildman–Crippen LogP) is 2.32. The van der Waals surface area contributed by atoms with Crippen LogP contribution in [0.5, 0.6) is 0 Å². The van der Waals surface area contributed by atoms with Crippen LogP contribution < -0.4 is 5.32 Å². The summed E-state index contributed by atoms with van der Waals surface area (Å²) in [6, 6.07) is 0. The van der Waals surface area contributed by atoms with Crippen molar-refractivity contribution < 1.29 is 4.74 Å². The van der Waals surface area contributed by atoms with Crippen molar-refractivity contribution in [1.29, 1.82) is 0 Å². The Morgan fingerprint density at radius 1 is 1.58 bits per heavy atom. The van der Waals surface area contributed by atoms with Gasteiger partial charge in [-0.15, -0.1) is 0 Å². The summed E-state index contributed by atoms with van der Waals surface area (Å²) >= 11 is 11.1. The van der Waals surface area contributed by atoms with Gasteiger partial charge in [0, 0.05) is 29.8 Å². The van der Waals surface area contributed by atoms with Crippen molar-refractivity contribution in [1.82, 2.24) is 5.32 Å². The predicted molar refractivity (Wildman–Crippen MR) is 53.7 cm³/mol. The molecular formula is C8H15Cl2NO. The number of halogens is 2. The summed E-state index contributed by atoms with van der Waals surface area (Å²) < 4.78 is 5.01. The summed E-state index contributed by atoms with van der Waals surface area (Å²) in [5.74, 6) is 0. The molecule has 0 spiro atoms. The van der Waals surface area contributed by atoms with E-state index in [1.54, 1.807) is 7.11 Å². The topological polar surface area (TPSA) is 21.3 Å². The highest BCUT2D eigenvalue weighted by atomic mass is 35.5. The Hall–Kier alpha value is 0.240. The standard InChI is InChI=1S/C8H15Cl2NO/c1-8(2,6-12-3)11-5-7(10)4-9/h4,11H,5-6H2,1-3H3. The highest BCUT2D eigenvalue weighted by molar-refractivity contribution is 6.36. The second-order valence-electron chi connectivity index (χ2n) is 3.23. The number of ether oxygens (including phenoxy) is 1. The molecule has 2 nitrogen and oxygen atoms in total. The lowest BCUT2D eigenvalue weighted by molar-refractivity contribution is 0.131. The summed E-state index contributed by atoms with van der Waals surface area (Å²) in [6.45, 7) is 5.28. The van der Waals surface area contributed by atoms with Crippen molar-refractivity contribution in [2.24, 2.45) is 0 Å². The molecule has 0 unspecified atom stereocenters. The largest absolute Gasteiger partial charge is 0.383 e. The maximum absolute atomic E-state index is 5.70. The van der Waals surface area contributed by atoms with E-state index in [0.29, 0.717) is 18.2 Å². The van der Waals surface area contributed by atoms with Crippen molar-refractivity contribution in [2.75, 3.05) is 20.3 Å². The number of rotatable bonds is 5. The fourth-order valence-corrected chi connectivity index (χ4v) is 0.918. The van der Waals surface area contributed by atoms with E-state index in [4.69, 9.17) is 27.9 Å². The van der Waals surface area contributed by atoms with Crippen molar-refractivity contribution in [3.05, 3.63) is 10.6 Å². The van der Waals surface area contributed by atoms with Gasteiger partial charge in [-0.1, -0.05) is 23.2 Å². The number of methoxy groups -OCH3 is 1. The van der Waals surface area contributed by atoms with Crippen LogP contribution in [0.25, 0.3) is 0 Å². The lowest BCUT2D eigenvalue weighted by Gasteiger charge is -2.24. The molecule has 1 N–H and O–H groups in total. The monoisotopic (exact) mass is 211 g/mol. The molecule has 0 saturated heterocycles. The van der Waals surface area contributed by atoms with E-state index in [9.17, 15) is 0 Å². The molecule has 0 heterocycles. The number of nitrogens with one attached hydrogen (secondary N) is 1. The van der Waals surface area contributed by atoms with Crippen LogP contribution in [-0.4, -0.2) is 25.8 Å². The first kappa shape index (κ1) is 12.2. The highest BCUT2D eigenvalue weighted by Crippen LogP contribution is 2.06. The van der Waals surface area contributed by atoms with Gasteiger partial charge in [-0.3, -0.25) is 0 Å². The number of hydrogen-bond acceptors (Lipinski definition) is 2. The van der Waals surface area contributed by atoms with Crippen LogP contribution in [-0.2, 0) is 4.74 Å². The van der Waals surface area contributed by atoms with Gasteiger partial charge in [0.05, 0.1) is 6.61 Å². The molecule has 0 saturated carbocycles. The summed E-state index contributed by atoms with van der Waals surface area (Å²) in [7, 11) is 1.67. The zero-order chi connectivity index (χ0) is 9.61. The Kier molecular flexibility index (Phi) is 5.93. The van der Waals surface area contributed by atoms with Gasteiger partial charge in [-0.25, -0.2) is 0 Å². The van der Waals surface area contributed by atoms with Crippen molar-refractivity contribution >= 4 is 23.2 Å². The second-order valence-corrected chi connectivity index (χ2v) is 3.93. The van der Waals surface area contributed by atoms with Crippen LogP contribution in [0, 0.1) is 0 Å². The zero-order valence-electron chi connectivity index (χ0n) is 7.66. The maximum atomic E-state index is 5.70. The van der Waals surface area contributed by atoms with Gasteiger partial charge in [-0.2, -0.15) is 0 Å². The van der Waals surface area contributed by atoms with E-state index >= 15 is 0 Å². The Balaban J connectivity index is 3.75. The summed E-state index contributed by atoms with van der Waals surface area (Å²) in [6.07, 6.45) is 0. The fraction of sp³-hybridized carbons (Fsp3) is 0.750. The minimum atomic E-state index is -0.0746. The third-order valence-corrected chi connectivity index (χ3v) is 1.98. The van der Waals surface area contributed by atoms with Gasteiger partial charge in [0.25, 0.3) is 0 Å². The lowest BCUT2D eigenvalue weighted by atomic mass is 10.1. The first-order valence-corrected chi connectivity index (χ1v) is 4.52. The van der Waals surface area contributed by atoms with Crippen molar-refractivity contribution in [3.63, 3.8) is 0 Å². The van der Waals surface area contributed by atoms with E-state index in [0.717, 1.165) is 0 Å². The van der Waals surface area contributed by atoms with Crippen molar-refractivity contribution in [3.8, 4) is 0 Å². The first-order valence-electron chi connectivity index (χ1n) is 3.70. The molecule has 0 aliphatic carbocycles. The third-order valence-electron chi connectivity index (χ3n) is 1.36. The average molecular weight is 212 g/mol. The Bertz CT molecular complexity index is 157.